The highest BCUT2D eigenvalue weighted by Gasteiger charge is 2.28. The van der Waals surface area contributed by atoms with Crippen molar-refractivity contribution >= 4 is 39.0 Å². The van der Waals surface area contributed by atoms with E-state index in [0.717, 1.165) is 5.56 Å². The van der Waals surface area contributed by atoms with Crippen molar-refractivity contribution in [2.45, 2.75) is 24.7 Å². The van der Waals surface area contributed by atoms with Gasteiger partial charge >= 0.3 is 0 Å². The molecule has 1 aliphatic heterocycles. The molecule has 2 aromatic rings. The molecule has 1 saturated heterocycles. The summed E-state index contributed by atoms with van der Waals surface area (Å²) in [6.45, 7) is 2.44. The van der Waals surface area contributed by atoms with Crippen LogP contribution in [0.4, 0.5) is 5.69 Å². The molecule has 0 saturated carbocycles. The van der Waals surface area contributed by atoms with E-state index >= 15 is 0 Å². The third-order valence-electron chi connectivity index (χ3n) is 4.86. The van der Waals surface area contributed by atoms with Crippen LogP contribution in [0.2, 0.25) is 5.02 Å². The maximum absolute atomic E-state index is 12.9. The van der Waals surface area contributed by atoms with Gasteiger partial charge in [-0.05, 0) is 49.2 Å². The van der Waals surface area contributed by atoms with E-state index in [1.165, 1.54) is 22.5 Å². The molecule has 1 amide bonds. The molecule has 32 heavy (non-hydrogen) atoms. The number of benzene rings is 2. The molecule has 3 rings (SSSR count). The molecule has 1 aliphatic rings. The van der Waals surface area contributed by atoms with Crippen molar-refractivity contribution in [1.82, 2.24) is 4.31 Å². The highest BCUT2D eigenvalue weighted by molar-refractivity contribution is 7.89. The third-order valence-corrected chi connectivity index (χ3v) is 7.24. The number of morpholine rings is 1. The van der Waals surface area contributed by atoms with E-state index in [2.05, 4.69) is 5.32 Å². The molecule has 0 atom stereocenters. The number of anilines is 1. The van der Waals surface area contributed by atoms with Gasteiger partial charge in [0.25, 0.3) is 5.91 Å². The summed E-state index contributed by atoms with van der Waals surface area (Å²) in [6.07, 6.45) is 1.13. The number of nitrogens with zero attached hydrogens (tertiary/aromatic N) is 1. The number of halogens is 1. The standard InChI is InChI=1S/C22H25ClN2O6S/c1-16(26)2-3-17-4-7-19(8-5-17)31-15-22(27)24-18-6-9-20(23)21(14-18)32(28,29)25-10-12-30-13-11-25/h4-9,14H,2-3,10-13,15H2,1H3,(H,24,27). The predicted molar refractivity (Wildman–Crippen MR) is 121 cm³/mol. The van der Waals surface area contributed by atoms with E-state index < -0.39 is 15.9 Å². The lowest BCUT2D eigenvalue weighted by Gasteiger charge is -2.26. The van der Waals surface area contributed by atoms with Gasteiger partial charge in [0.1, 0.15) is 16.4 Å². The number of carbonyl (C=O) groups is 2. The molecule has 2 aromatic carbocycles. The van der Waals surface area contributed by atoms with E-state index in [9.17, 15) is 18.0 Å². The fourth-order valence-electron chi connectivity index (χ4n) is 3.12. The lowest BCUT2D eigenvalue weighted by molar-refractivity contribution is -0.118. The molecule has 1 heterocycles. The highest BCUT2D eigenvalue weighted by Crippen LogP contribution is 2.28. The normalized spacial score (nSPS) is 14.7. The van der Waals surface area contributed by atoms with Gasteiger partial charge in [-0.2, -0.15) is 4.31 Å². The molecular formula is C22H25ClN2O6S. The van der Waals surface area contributed by atoms with E-state index in [-0.39, 0.29) is 35.4 Å². The number of ether oxygens (including phenoxy) is 2. The van der Waals surface area contributed by atoms with Crippen molar-refractivity contribution in [1.29, 1.82) is 0 Å². The first-order valence-corrected chi connectivity index (χ1v) is 12.0. The lowest BCUT2D eigenvalue weighted by atomic mass is 10.1. The minimum atomic E-state index is -3.80. The first-order chi connectivity index (χ1) is 15.3. The molecule has 0 unspecified atom stereocenters. The van der Waals surface area contributed by atoms with Crippen molar-refractivity contribution in [3.63, 3.8) is 0 Å². The summed E-state index contributed by atoms with van der Waals surface area (Å²) in [5.74, 6) is 0.200. The first kappa shape index (κ1) is 24.2. The number of hydrogen-bond acceptors (Lipinski definition) is 6. The maximum Gasteiger partial charge on any atom is 0.262 e. The molecule has 8 nitrogen and oxygen atoms in total. The van der Waals surface area contributed by atoms with Gasteiger partial charge < -0.3 is 19.6 Å². The SMILES string of the molecule is CC(=O)CCc1ccc(OCC(=O)Nc2ccc(Cl)c(S(=O)(=O)N3CCOCC3)c2)cc1. The summed E-state index contributed by atoms with van der Waals surface area (Å²) in [5, 5.41) is 2.71. The molecule has 172 valence electrons. The number of ketones is 1. The van der Waals surface area contributed by atoms with Crippen molar-refractivity contribution in [2.24, 2.45) is 0 Å². The maximum atomic E-state index is 12.9. The second-order valence-electron chi connectivity index (χ2n) is 7.34. The van der Waals surface area contributed by atoms with Crippen LogP contribution in [0.5, 0.6) is 5.75 Å². The summed E-state index contributed by atoms with van der Waals surface area (Å²) < 4.78 is 37.8. The Bertz CT molecular complexity index is 1070. The summed E-state index contributed by atoms with van der Waals surface area (Å²) in [5.41, 5.74) is 1.31. The fourth-order valence-corrected chi connectivity index (χ4v) is 5.03. The van der Waals surface area contributed by atoms with Crippen LogP contribution in [0.3, 0.4) is 0 Å². The van der Waals surface area contributed by atoms with Crippen molar-refractivity contribution in [3.8, 4) is 5.75 Å². The number of nitrogens with one attached hydrogen (secondary N) is 1. The van der Waals surface area contributed by atoms with E-state index in [4.69, 9.17) is 21.1 Å². The topological polar surface area (TPSA) is 102 Å². The number of amides is 1. The number of rotatable bonds is 9. The number of carbonyl (C=O) groups excluding carboxylic acids is 2. The van der Waals surface area contributed by atoms with Crippen LogP contribution in [0, 0.1) is 0 Å². The van der Waals surface area contributed by atoms with Crippen molar-refractivity contribution in [3.05, 3.63) is 53.1 Å². The van der Waals surface area contributed by atoms with Crippen LogP contribution in [0.25, 0.3) is 0 Å². The van der Waals surface area contributed by atoms with E-state index in [1.54, 1.807) is 19.1 Å². The summed E-state index contributed by atoms with van der Waals surface area (Å²) >= 11 is 6.14. The molecule has 0 aliphatic carbocycles. The second kappa shape index (κ2) is 10.9. The van der Waals surface area contributed by atoms with Crippen molar-refractivity contribution < 1.29 is 27.5 Å². The monoisotopic (exact) mass is 480 g/mol. The smallest absolute Gasteiger partial charge is 0.262 e. The van der Waals surface area contributed by atoms with Crippen molar-refractivity contribution in [2.75, 3.05) is 38.2 Å². The predicted octanol–water partition coefficient (Wildman–Crippen LogP) is 2.90. The molecule has 10 heteroatoms. The quantitative estimate of drug-likeness (QED) is 0.592. The van der Waals surface area contributed by atoms with Gasteiger partial charge in [0, 0.05) is 25.2 Å². The molecule has 0 spiro atoms. The van der Waals surface area contributed by atoms with E-state index in [0.29, 0.717) is 37.5 Å². The largest absolute Gasteiger partial charge is 0.484 e. The van der Waals surface area contributed by atoms with Gasteiger partial charge in [0.15, 0.2) is 6.61 Å². The van der Waals surface area contributed by atoms with Gasteiger partial charge in [0.05, 0.1) is 18.2 Å². The number of hydrogen-bond donors (Lipinski definition) is 1. The molecule has 1 fully saturated rings. The van der Waals surface area contributed by atoms with Crippen LogP contribution in [0.1, 0.15) is 18.9 Å². The molecule has 0 bridgehead atoms. The fraction of sp³-hybridized carbons (Fsp3) is 0.364. The Labute approximate surface area is 192 Å². The highest BCUT2D eigenvalue weighted by atomic mass is 35.5. The lowest BCUT2D eigenvalue weighted by Crippen LogP contribution is -2.40. The zero-order valence-corrected chi connectivity index (χ0v) is 19.2. The Morgan fingerprint density at radius 3 is 2.47 bits per heavy atom. The zero-order valence-electron chi connectivity index (χ0n) is 17.7. The summed E-state index contributed by atoms with van der Waals surface area (Å²) in [4.78, 5) is 23.3. The van der Waals surface area contributed by atoms with Crippen LogP contribution >= 0.6 is 11.6 Å². The molecule has 0 radical (unpaired) electrons. The van der Waals surface area contributed by atoms with E-state index in [1.807, 2.05) is 12.1 Å². The Balaban J connectivity index is 1.59. The minimum absolute atomic E-state index is 0.0686. The Kier molecular flexibility index (Phi) is 8.25. The van der Waals surface area contributed by atoms with Gasteiger partial charge in [-0.1, -0.05) is 23.7 Å². The Hall–Kier alpha value is -2.46. The zero-order chi connectivity index (χ0) is 23.1. The van der Waals surface area contributed by atoms with Gasteiger partial charge in [-0.15, -0.1) is 0 Å². The van der Waals surface area contributed by atoms with Crippen LogP contribution < -0.4 is 10.1 Å². The molecule has 1 N–H and O–H groups in total. The molecular weight excluding hydrogens is 456 g/mol. The summed E-state index contributed by atoms with van der Waals surface area (Å²) in [6, 6.07) is 11.5. The number of Topliss-reactive ketones (excluding diaryl/α,β-unsaturated/α-hetero) is 1. The average Bonchev–Trinajstić information content (AvgIpc) is 2.78. The minimum Gasteiger partial charge on any atom is -0.484 e. The van der Waals surface area contributed by atoms with Crippen LogP contribution in [-0.4, -0.2) is 57.3 Å². The molecule has 0 aromatic heterocycles. The Morgan fingerprint density at radius 2 is 1.81 bits per heavy atom. The van der Waals surface area contributed by atoms with Crippen LogP contribution in [-0.2, 0) is 30.8 Å². The summed E-state index contributed by atoms with van der Waals surface area (Å²) in [7, 11) is -3.80. The van der Waals surface area contributed by atoms with Gasteiger partial charge in [0.2, 0.25) is 10.0 Å². The third kappa shape index (κ3) is 6.52. The first-order valence-electron chi connectivity index (χ1n) is 10.1. The second-order valence-corrected chi connectivity index (χ2v) is 9.66. The Morgan fingerprint density at radius 1 is 1.12 bits per heavy atom. The number of sulfonamides is 1. The van der Waals surface area contributed by atoms with Gasteiger partial charge in [-0.25, -0.2) is 8.42 Å². The van der Waals surface area contributed by atoms with Crippen LogP contribution in [0.15, 0.2) is 47.4 Å². The number of aryl methyl sites for hydroxylation is 1. The average molecular weight is 481 g/mol. The van der Waals surface area contributed by atoms with Gasteiger partial charge in [-0.3, -0.25) is 4.79 Å².